The Morgan fingerprint density at radius 2 is 0.643 bits per heavy atom. The zero-order valence-corrected chi connectivity index (χ0v) is 38.5. The molecular formula is C68H46N2. The maximum absolute atomic E-state index is 2.50. The van der Waals surface area contributed by atoms with Crippen molar-refractivity contribution in [2.24, 2.45) is 0 Å². The van der Waals surface area contributed by atoms with Crippen molar-refractivity contribution in [3.63, 3.8) is 0 Å². The maximum Gasteiger partial charge on any atom is 0.0541 e. The Morgan fingerprint density at radius 3 is 1.20 bits per heavy atom. The van der Waals surface area contributed by atoms with Crippen molar-refractivity contribution in [2.75, 3.05) is 4.90 Å². The Labute approximate surface area is 408 Å². The van der Waals surface area contributed by atoms with E-state index < -0.39 is 0 Å². The number of hydrogen-bond donors (Lipinski definition) is 0. The normalized spacial score (nSPS) is 11.4. The van der Waals surface area contributed by atoms with Crippen molar-refractivity contribution < 1.29 is 0 Å². The second kappa shape index (κ2) is 17.4. The first-order valence-corrected chi connectivity index (χ1v) is 24.1. The van der Waals surface area contributed by atoms with E-state index >= 15 is 0 Å². The number of fused-ring (bicyclic) bond motifs is 5. The highest BCUT2D eigenvalue weighted by atomic mass is 15.1. The fraction of sp³-hybridized carbons (Fsp3) is 0. The molecule has 2 heteroatoms. The average Bonchev–Trinajstić information content (AvgIpc) is 3.78. The molecule has 0 radical (unpaired) electrons. The van der Waals surface area contributed by atoms with Crippen LogP contribution in [0.15, 0.2) is 279 Å². The van der Waals surface area contributed by atoms with E-state index in [-0.39, 0.29) is 0 Å². The van der Waals surface area contributed by atoms with Gasteiger partial charge in [-0.25, -0.2) is 0 Å². The first kappa shape index (κ1) is 41.0. The van der Waals surface area contributed by atoms with Crippen molar-refractivity contribution in [3.05, 3.63) is 279 Å². The summed E-state index contributed by atoms with van der Waals surface area (Å²) in [7, 11) is 0. The van der Waals surface area contributed by atoms with Gasteiger partial charge in [-0.2, -0.15) is 0 Å². The van der Waals surface area contributed by atoms with Crippen LogP contribution in [0.1, 0.15) is 0 Å². The summed E-state index contributed by atoms with van der Waals surface area (Å²) in [5, 5.41) is 7.41. The van der Waals surface area contributed by atoms with Gasteiger partial charge in [-0.05, 0) is 115 Å². The molecule has 328 valence electrons. The highest BCUT2D eigenvalue weighted by Gasteiger charge is 2.24. The van der Waals surface area contributed by atoms with E-state index in [0.717, 1.165) is 56.1 Å². The summed E-state index contributed by atoms with van der Waals surface area (Å²) in [5.74, 6) is 0. The summed E-state index contributed by atoms with van der Waals surface area (Å²) in [4.78, 5) is 2.50. The standard InChI is InChI=1S/C68H46N2/c1-3-20-49(21-4-1)62-45-52(57-35-18-26-47-24-7-9-30-55(47)57)40-42-67(62)69(68-43-41-53(46-63(68)50-22-5-2-6-23-50)58-36-19-27-48-25-8-10-31-56(48)58)54-29-17-28-51(44-54)59-32-11-14-37-64(59)70-65-38-15-12-33-60(65)61-34-13-16-39-66(61)70/h1-46H. The van der Waals surface area contributed by atoms with Crippen molar-refractivity contribution in [1.82, 2.24) is 4.57 Å². The first-order valence-electron chi connectivity index (χ1n) is 24.1. The second-order valence-electron chi connectivity index (χ2n) is 18.0. The quantitative estimate of drug-likeness (QED) is 0.140. The molecule has 13 rings (SSSR count). The number of para-hydroxylation sites is 3. The SMILES string of the molecule is c1ccc(-c2cc(-c3cccc4ccccc34)ccc2N(c2cccc(-c3ccccc3-n3c4ccccc4c4ccccc43)c2)c2ccc(-c3cccc4ccccc34)cc2-c2ccccc2)cc1. The molecule has 0 bridgehead atoms. The van der Waals surface area contributed by atoms with Crippen LogP contribution in [0, 0.1) is 0 Å². The largest absolute Gasteiger partial charge is 0.309 e. The summed E-state index contributed by atoms with van der Waals surface area (Å²) in [6.07, 6.45) is 0. The molecule has 0 atom stereocenters. The van der Waals surface area contributed by atoms with E-state index in [1.54, 1.807) is 0 Å². The third kappa shape index (κ3) is 7.13. The van der Waals surface area contributed by atoms with Gasteiger partial charge in [-0.15, -0.1) is 0 Å². The molecule has 1 heterocycles. The Kier molecular flexibility index (Phi) is 10.2. The molecule has 2 nitrogen and oxygen atoms in total. The molecule has 0 aliphatic rings. The molecule has 0 saturated heterocycles. The Bertz CT molecular complexity index is 3840. The summed E-state index contributed by atoms with van der Waals surface area (Å²) in [6, 6.07) is 102. The number of nitrogens with zero attached hydrogens (tertiary/aromatic N) is 2. The van der Waals surface area contributed by atoms with Gasteiger partial charge in [-0.1, -0.05) is 224 Å². The molecule has 0 fully saturated rings. The van der Waals surface area contributed by atoms with Crippen molar-refractivity contribution in [3.8, 4) is 61.3 Å². The van der Waals surface area contributed by atoms with Crippen molar-refractivity contribution >= 4 is 60.4 Å². The fourth-order valence-electron chi connectivity index (χ4n) is 10.8. The Balaban J connectivity index is 1.07. The molecule has 70 heavy (non-hydrogen) atoms. The summed E-state index contributed by atoms with van der Waals surface area (Å²) < 4.78 is 2.43. The lowest BCUT2D eigenvalue weighted by molar-refractivity contribution is 1.18. The minimum Gasteiger partial charge on any atom is -0.309 e. The van der Waals surface area contributed by atoms with Gasteiger partial charge >= 0.3 is 0 Å². The lowest BCUT2D eigenvalue weighted by Gasteiger charge is -2.31. The molecule has 0 saturated carbocycles. The van der Waals surface area contributed by atoms with Crippen LogP contribution in [0.25, 0.3) is 105 Å². The molecule has 1 aromatic heterocycles. The molecule has 0 spiro atoms. The number of rotatable bonds is 9. The third-order valence-corrected chi connectivity index (χ3v) is 14.0. The topological polar surface area (TPSA) is 8.17 Å². The number of anilines is 3. The predicted molar refractivity (Wildman–Crippen MR) is 298 cm³/mol. The van der Waals surface area contributed by atoms with E-state index in [4.69, 9.17) is 0 Å². The van der Waals surface area contributed by atoms with E-state index in [2.05, 4.69) is 289 Å². The molecule has 0 amide bonds. The van der Waals surface area contributed by atoms with Gasteiger partial charge in [0.25, 0.3) is 0 Å². The van der Waals surface area contributed by atoms with E-state index in [0.29, 0.717) is 0 Å². The van der Waals surface area contributed by atoms with Gasteiger partial charge in [0.2, 0.25) is 0 Å². The summed E-state index contributed by atoms with van der Waals surface area (Å²) >= 11 is 0. The van der Waals surface area contributed by atoms with E-state index in [1.807, 2.05) is 0 Å². The molecule has 13 aromatic rings. The minimum absolute atomic E-state index is 1.06. The van der Waals surface area contributed by atoms with Crippen LogP contribution in [0.4, 0.5) is 17.1 Å². The maximum atomic E-state index is 2.50. The monoisotopic (exact) mass is 890 g/mol. The summed E-state index contributed by atoms with van der Waals surface area (Å²) in [5.41, 5.74) is 18.3. The van der Waals surface area contributed by atoms with Gasteiger partial charge in [0.1, 0.15) is 0 Å². The zero-order chi connectivity index (χ0) is 46.4. The highest BCUT2D eigenvalue weighted by Crippen LogP contribution is 2.49. The first-order chi connectivity index (χ1) is 34.7. The molecule has 0 N–H and O–H groups in total. The van der Waals surface area contributed by atoms with Gasteiger partial charge in [-0.3, -0.25) is 0 Å². The predicted octanol–water partition coefficient (Wildman–Crippen LogP) is 18.9. The zero-order valence-electron chi connectivity index (χ0n) is 38.5. The molecule has 0 aliphatic carbocycles. The van der Waals surface area contributed by atoms with Crippen LogP contribution in [0.3, 0.4) is 0 Å². The lowest BCUT2D eigenvalue weighted by atomic mass is 9.91. The van der Waals surface area contributed by atoms with Gasteiger partial charge in [0, 0.05) is 33.2 Å². The van der Waals surface area contributed by atoms with Gasteiger partial charge in [0.15, 0.2) is 0 Å². The number of benzene rings is 12. The second-order valence-corrected chi connectivity index (χ2v) is 18.0. The van der Waals surface area contributed by atoms with Crippen molar-refractivity contribution in [2.45, 2.75) is 0 Å². The number of hydrogen-bond acceptors (Lipinski definition) is 1. The Hall–Kier alpha value is -9.24. The number of aromatic nitrogens is 1. The highest BCUT2D eigenvalue weighted by molar-refractivity contribution is 6.10. The van der Waals surface area contributed by atoms with Crippen molar-refractivity contribution in [1.29, 1.82) is 0 Å². The summed E-state index contributed by atoms with van der Waals surface area (Å²) in [6.45, 7) is 0. The van der Waals surface area contributed by atoms with Crippen LogP contribution in [-0.2, 0) is 0 Å². The molecule has 0 unspecified atom stereocenters. The molecular weight excluding hydrogens is 845 g/mol. The van der Waals surface area contributed by atoms with Gasteiger partial charge < -0.3 is 9.47 Å². The lowest BCUT2D eigenvalue weighted by Crippen LogP contribution is -2.13. The van der Waals surface area contributed by atoms with E-state index in [1.165, 1.54) is 65.6 Å². The van der Waals surface area contributed by atoms with Crippen LogP contribution in [-0.4, -0.2) is 4.57 Å². The fourth-order valence-corrected chi connectivity index (χ4v) is 10.8. The average molecular weight is 891 g/mol. The smallest absolute Gasteiger partial charge is 0.0541 e. The third-order valence-electron chi connectivity index (χ3n) is 14.0. The molecule has 12 aromatic carbocycles. The minimum atomic E-state index is 1.06. The molecule has 0 aliphatic heterocycles. The van der Waals surface area contributed by atoms with Crippen LogP contribution < -0.4 is 4.90 Å². The van der Waals surface area contributed by atoms with Crippen LogP contribution in [0.5, 0.6) is 0 Å². The Morgan fingerprint density at radius 1 is 0.243 bits per heavy atom. The van der Waals surface area contributed by atoms with Gasteiger partial charge in [0.05, 0.1) is 28.1 Å². The van der Waals surface area contributed by atoms with Crippen LogP contribution >= 0.6 is 0 Å². The van der Waals surface area contributed by atoms with Crippen LogP contribution in [0.2, 0.25) is 0 Å². The van der Waals surface area contributed by atoms with E-state index in [9.17, 15) is 0 Å².